The third-order valence-corrected chi connectivity index (χ3v) is 8.51. The summed E-state index contributed by atoms with van der Waals surface area (Å²) < 4.78 is 16.8. The number of carbonyl (C=O) groups is 2. The molecule has 4 aliphatic carbocycles. The van der Waals surface area contributed by atoms with Gasteiger partial charge in [-0.25, -0.2) is 9.18 Å². The predicted octanol–water partition coefficient (Wildman–Crippen LogP) is 2.42. The number of fused-ring (bicyclic) bond motifs is 5. The van der Waals surface area contributed by atoms with E-state index in [0.717, 1.165) is 0 Å². The molecule has 4 aliphatic rings. The number of alkyl halides is 1. The van der Waals surface area contributed by atoms with E-state index in [1.54, 1.807) is 26.8 Å². The normalized spacial score (nSPS) is 54.0. The van der Waals surface area contributed by atoms with Crippen LogP contribution in [0.25, 0.3) is 0 Å². The Balaban J connectivity index is 1.87. The van der Waals surface area contributed by atoms with Gasteiger partial charge in [0.2, 0.25) is 0 Å². The van der Waals surface area contributed by atoms with E-state index in [1.165, 1.54) is 6.08 Å². The van der Waals surface area contributed by atoms with Crippen LogP contribution in [0.15, 0.2) is 23.8 Å². The quantitative estimate of drug-likeness (QED) is 0.609. The van der Waals surface area contributed by atoms with Crippen LogP contribution in [0.3, 0.4) is 0 Å². The van der Waals surface area contributed by atoms with Gasteiger partial charge in [0.25, 0.3) is 0 Å². The second-order valence-electron chi connectivity index (χ2n) is 9.47. The van der Waals surface area contributed by atoms with Crippen molar-refractivity contribution in [3.63, 3.8) is 0 Å². The molecule has 2 fully saturated rings. The van der Waals surface area contributed by atoms with Gasteiger partial charge in [0.1, 0.15) is 0 Å². The van der Waals surface area contributed by atoms with Gasteiger partial charge < -0.3 is 15.3 Å². The molecule has 0 aromatic rings. The Morgan fingerprint density at radius 3 is 2.59 bits per heavy atom. The topological polar surface area (TPSA) is 94.8 Å². The average molecular weight is 378 g/mol. The molecule has 0 bridgehead atoms. The van der Waals surface area contributed by atoms with E-state index in [0.29, 0.717) is 18.4 Å². The van der Waals surface area contributed by atoms with Crippen LogP contribution in [0, 0.1) is 28.6 Å². The summed E-state index contributed by atoms with van der Waals surface area (Å²) >= 11 is 0. The minimum absolute atomic E-state index is 0.0781. The second kappa shape index (κ2) is 5.29. The summed E-state index contributed by atoms with van der Waals surface area (Å²) in [6.45, 7) is 5.09. The molecular formula is C21H27FO5. The molecule has 148 valence electrons. The zero-order valence-corrected chi connectivity index (χ0v) is 15.9. The number of carboxylic acids is 1. The van der Waals surface area contributed by atoms with Crippen molar-refractivity contribution in [2.75, 3.05) is 0 Å². The van der Waals surface area contributed by atoms with Crippen LogP contribution < -0.4 is 0 Å². The maximum absolute atomic E-state index is 16.8. The largest absolute Gasteiger partial charge is 0.479 e. The number of hydrogen-bond donors (Lipinski definition) is 3. The Hall–Kier alpha value is -1.53. The molecule has 2 saturated carbocycles. The number of halogens is 1. The van der Waals surface area contributed by atoms with E-state index in [1.807, 2.05) is 6.08 Å². The first-order valence-electron chi connectivity index (χ1n) is 9.67. The first-order valence-corrected chi connectivity index (χ1v) is 9.67. The van der Waals surface area contributed by atoms with Crippen LogP contribution in [0.4, 0.5) is 4.39 Å². The number of aliphatic hydroxyl groups is 2. The van der Waals surface area contributed by atoms with Crippen molar-refractivity contribution in [3.8, 4) is 0 Å². The van der Waals surface area contributed by atoms with Gasteiger partial charge in [0.05, 0.1) is 6.10 Å². The Labute approximate surface area is 158 Å². The van der Waals surface area contributed by atoms with Gasteiger partial charge in [-0.15, -0.1) is 0 Å². The van der Waals surface area contributed by atoms with Crippen molar-refractivity contribution < 1.29 is 29.3 Å². The monoisotopic (exact) mass is 378 g/mol. The number of ketones is 1. The third-order valence-electron chi connectivity index (χ3n) is 8.51. The van der Waals surface area contributed by atoms with Crippen molar-refractivity contribution in [1.29, 1.82) is 0 Å². The van der Waals surface area contributed by atoms with E-state index in [-0.39, 0.29) is 24.5 Å². The summed E-state index contributed by atoms with van der Waals surface area (Å²) in [5.74, 6) is -2.91. The fourth-order valence-electron chi connectivity index (χ4n) is 6.91. The fraction of sp³-hybridized carbons (Fsp3) is 0.714. The van der Waals surface area contributed by atoms with E-state index in [2.05, 4.69) is 0 Å². The van der Waals surface area contributed by atoms with Crippen LogP contribution in [-0.4, -0.2) is 44.4 Å². The van der Waals surface area contributed by atoms with Crippen LogP contribution in [0.2, 0.25) is 0 Å². The zero-order chi connectivity index (χ0) is 20.0. The highest BCUT2D eigenvalue weighted by atomic mass is 19.1. The number of carbonyl (C=O) groups excluding carboxylic acids is 1. The van der Waals surface area contributed by atoms with E-state index < -0.39 is 46.0 Å². The lowest BCUT2D eigenvalue weighted by atomic mass is 9.45. The van der Waals surface area contributed by atoms with Crippen LogP contribution in [0.1, 0.15) is 46.5 Å². The molecule has 0 aliphatic heterocycles. The van der Waals surface area contributed by atoms with E-state index in [4.69, 9.17) is 0 Å². The first-order chi connectivity index (χ1) is 12.4. The second-order valence-corrected chi connectivity index (χ2v) is 9.47. The Morgan fingerprint density at radius 2 is 1.96 bits per heavy atom. The van der Waals surface area contributed by atoms with Crippen LogP contribution in [-0.2, 0) is 9.59 Å². The molecule has 3 N–H and O–H groups in total. The highest BCUT2D eigenvalue weighted by Crippen LogP contribution is 2.70. The molecule has 0 aromatic heterocycles. The summed E-state index contributed by atoms with van der Waals surface area (Å²) in [7, 11) is 0. The van der Waals surface area contributed by atoms with Crippen LogP contribution in [0.5, 0.6) is 0 Å². The minimum Gasteiger partial charge on any atom is -0.479 e. The summed E-state index contributed by atoms with van der Waals surface area (Å²) in [4.78, 5) is 23.8. The molecule has 0 aromatic carbocycles. The number of allylic oxidation sites excluding steroid dienone is 4. The smallest absolute Gasteiger partial charge is 0.336 e. The minimum atomic E-state index is -2.00. The molecule has 0 unspecified atom stereocenters. The van der Waals surface area contributed by atoms with Gasteiger partial charge in [0, 0.05) is 23.2 Å². The number of hydrogen-bond acceptors (Lipinski definition) is 4. The summed E-state index contributed by atoms with van der Waals surface area (Å²) in [5, 5.41) is 31.9. The predicted molar refractivity (Wildman–Crippen MR) is 95.5 cm³/mol. The Bertz CT molecular complexity index is 789. The number of carboxylic acid groups (broad SMARTS) is 1. The average Bonchev–Trinajstić information content (AvgIpc) is 2.79. The van der Waals surface area contributed by atoms with Gasteiger partial charge in [-0.1, -0.05) is 31.6 Å². The highest BCUT2D eigenvalue weighted by Gasteiger charge is 2.75. The third kappa shape index (κ3) is 1.91. The lowest BCUT2D eigenvalue weighted by Gasteiger charge is -2.61. The lowest BCUT2D eigenvalue weighted by Crippen LogP contribution is -2.69. The standard InChI is InChI=1S/C21H27FO5/c1-11-8-15-14-5-4-12-9-13(23)6-7-18(12,2)20(14,22)16(24)10-19(15,3)21(11,27)17(25)26/h4,6-7,11,14-16,24,27H,5,8-10H2,1-3H3,(H,25,26)/t11-,14+,15+,16+,18+,19+,20+,21+/m1/s1. The number of aliphatic carboxylic acids is 1. The van der Waals surface area contributed by atoms with Gasteiger partial charge in [-0.3, -0.25) is 4.79 Å². The number of aliphatic hydroxyl groups excluding tert-OH is 1. The van der Waals surface area contributed by atoms with Crippen molar-refractivity contribution in [2.45, 2.75) is 63.8 Å². The molecule has 5 nitrogen and oxygen atoms in total. The highest BCUT2D eigenvalue weighted by molar-refractivity contribution is 5.93. The summed E-state index contributed by atoms with van der Waals surface area (Å²) in [6, 6.07) is 0. The Morgan fingerprint density at radius 1 is 1.30 bits per heavy atom. The molecule has 0 amide bonds. The zero-order valence-electron chi connectivity index (χ0n) is 15.9. The molecule has 27 heavy (non-hydrogen) atoms. The molecule has 6 heteroatoms. The van der Waals surface area contributed by atoms with Crippen molar-refractivity contribution >= 4 is 11.8 Å². The SMILES string of the molecule is C[C@@H]1C[C@H]2[C@@H]3CC=C4CC(=O)C=C[C@]4(C)[C@@]3(F)[C@@H](O)C[C@]2(C)[C@@]1(O)C(=O)O. The molecule has 0 spiro atoms. The van der Waals surface area contributed by atoms with Crippen LogP contribution >= 0.6 is 0 Å². The molecule has 8 atom stereocenters. The number of rotatable bonds is 1. The molecule has 0 heterocycles. The van der Waals surface area contributed by atoms with Gasteiger partial charge >= 0.3 is 5.97 Å². The Kier molecular flexibility index (Phi) is 3.69. The molecule has 0 saturated heterocycles. The first kappa shape index (κ1) is 18.8. The maximum atomic E-state index is 16.8. The molecule has 0 radical (unpaired) electrons. The van der Waals surface area contributed by atoms with E-state index in [9.17, 15) is 24.9 Å². The summed E-state index contributed by atoms with van der Waals surface area (Å²) in [6.07, 6.45) is 4.19. The van der Waals surface area contributed by atoms with Gasteiger partial charge in [-0.05, 0) is 44.1 Å². The summed E-state index contributed by atoms with van der Waals surface area (Å²) in [5.41, 5.74) is -5.52. The lowest BCUT2D eigenvalue weighted by molar-refractivity contribution is -0.221. The van der Waals surface area contributed by atoms with Crippen molar-refractivity contribution in [1.82, 2.24) is 0 Å². The molecule has 4 rings (SSSR count). The van der Waals surface area contributed by atoms with Crippen molar-refractivity contribution in [3.05, 3.63) is 23.8 Å². The van der Waals surface area contributed by atoms with Crippen molar-refractivity contribution in [2.24, 2.45) is 28.6 Å². The van der Waals surface area contributed by atoms with Gasteiger partial charge in [0.15, 0.2) is 17.1 Å². The molecular weight excluding hydrogens is 351 g/mol. The maximum Gasteiger partial charge on any atom is 0.336 e. The van der Waals surface area contributed by atoms with E-state index >= 15 is 4.39 Å². The van der Waals surface area contributed by atoms with Gasteiger partial charge in [-0.2, -0.15) is 0 Å². The fourth-order valence-corrected chi connectivity index (χ4v) is 6.91.